The molecule has 0 bridgehead atoms. The van der Waals surface area contributed by atoms with Crippen LogP contribution in [0.1, 0.15) is 18.9 Å². The second kappa shape index (κ2) is 6.45. The zero-order chi connectivity index (χ0) is 16.3. The Morgan fingerprint density at radius 1 is 1.27 bits per heavy atom. The Morgan fingerprint density at radius 2 is 2.00 bits per heavy atom. The highest BCUT2D eigenvalue weighted by atomic mass is 32.2. The Kier molecular flexibility index (Phi) is 4.82. The fourth-order valence-corrected chi connectivity index (χ4v) is 3.39. The van der Waals surface area contributed by atoms with Gasteiger partial charge in [-0.25, -0.2) is 13.1 Å². The van der Waals surface area contributed by atoms with Crippen LogP contribution in [0.15, 0.2) is 23.1 Å². The highest BCUT2D eigenvalue weighted by molar-refractivity contribution is 7.89. The maximum atomic E-state index is 12.2. The molecule has 120 valence electrons. The van der Waals surface area contributed by atoms with Crippen LogP contribution >= 0.6 is 0 Å². The Labute approximate surface area is 129 Å². The number of nitrogens with one attached hydrogen (secondary N) is 2. The van der Waals surface area contributed by atoms with E-state index in [1.165, 1.54) is 13.0 Å². The molecule has 0 aromatic heterocycles. The van der Waals surface area contributed by atoms with E-state index in [9.17, 15) is 18.0 Å². The van der Waals surface area contributed by atoms with Crippen LogP contribution in [-0.4, -0.2) is 40.4 Å². The number of carbonyl (C=O) groups excluding carboxylic acids is 2. The van der Waals surface area contributed by atoms with Crippen LogP contribution in [0, 0.1) is 0 Å². The molecule has 1 heterocycles. The lowest BCUT2D eigenvalue weighted by molar-refractivity contribution is -0.119. The van der Waals surface area contributed by atoms with E-state index in [-0.39, 0.29) is 29.8 Å². The zero-order valence-electron chi connectivity index (χ0n) is 12.5. The fourth-order valence-electron chi connectivity index (χ4n) is 2.31. The van der Waals surface area contributed by atoms with Crippen LogP contribution in [0.25, 0.3) is 0 Å². The molecule has 0 radical (unpaired) electrons. The first-order valence-corrected chi connectivity index (χ1v) is 8.43. The number of carbonyl (C=O) groups is 2. The molecular weight excluding hydrogens is 306 g/mol. The minimum Gasteiger partial charge on any atom is -0.355 e. The van der Waals surface area contributed by atoms with Gasteiger partial charge in [0.25, 0.3) is 0 Å². The number of anilines is 1. The van der Waals surface area contributed by atoms with E-state index in [1.54, 1.807) is 24.1 Å². The van der Waals surface area contributed by atoms with Crippen molar-refractivity contribution >= 4 is 27.5 Å². The van der Waals surface area contributed by atoms with E-state index in [0.717, 1.165) is 11.3 Å². The first-order valence-electron chi connectivity index (χ1n) is 6.95. The summed E-state index contributed by atoms with van der Waals surface area (Å²) >= 11 is 0. The molecule has 2 amide bonds. The maximum Gasteiger partial charge on any atom is 0.240 e. The average molecular weight is 325 g/mol. The Hall–Kier alpha value is -1.93. The molecule has 8 heteroatoms. The molecule has 0 saturated carbocycles. The summed E-state index contributed by atoms with van der Waals surface area (Å²) in [5.74, 6) is -0.183. The van der Waals surface area contributed by atoms with Crippen LogP contribution in [0.5, 0.6) is 0 Å². The largest absolute Gasteiger partial charge is 0.355 e. The molecule has 1 aromatic rings. The van der Waals surface area contributed by atoms with Crippen molar-refractivity contribution in [1.29, 1.82) is 0 Å². The lowest BCUT2D eigenvalue weighted by atomic mass is 10.0. The Morgan fingerprint density at radius 3 is 2.68 bits per heavy atom. The van der Waals surface area contributed by atoms with Crippen molar-refractivity contribution < 1.29 is 18.0 Å². The summed E-state index contributed by atoms with van der Waals surface area (Å²) in [4.78, 5) is 24.1. The van der Waals surface area contributed by atoms with Gasteiger partial charge in [-0.1, -0.05) is 0 Å². The smallest absolute Gasteiger partial charge is 0.240 e. The highest BCUT2D eigenvalue weighted by Crippen LogP contribution is 2.28. The molecule has 0 fully saturated rings. The van der Waals surface area contributed by atoms with Gasteiger partial charge in [0, 0.05) is 39.2 Å². The predicted octanol–water partition coefficient (Wildman–Crippen LogP) is 0.0100. The van der Waals surface area contributed by atoms with Crippen molar-refractivity contribution in [3.63, 3.8) is 0 Å². The van der Waals surface area contributed by atoms with Crippen molar-refractivity contribution in [2.75, 3.05) is 25.0 Å². The third-order valence-corrected chi connectivity index (χ3v) is 4.95. The molecule has 2 rings (SSSR count). The van der Waals surface area contributed by atoms with Gasteiger partial charge in [-0.3, -0.25) is 9.59 Å². The van der Waals surface area contributed by atoms with E-state index in [2.05, 4.69) is 10.0 Å². The van der Waals surface area contributed by atoms with E-state index in [4.69, 9.17) is 0 Å². The van der Waals surface area contributed by atoms with Crippen LogP contribution < -0.4 is 14.9 Å². The second-order valence-corrected chi connectivity index (χ2v) is 6.89. The van der Waals surface area contributed by atoms with E-state index < -0.39 is 10.0 Å². The Balaban J connectivity index is 2.12. The van der Waals surface area contributed by atoms with Crippen LogP contribution in [0.4, 0.5) is 5.69 Å². The molecule has 0 spiro atoms. The zero-order valence-corrected chi connectivity index (χ0v) is 13.4. The number of hydrogen-bond donors (Lipinski definition) is 2. The summed E-state index contributed by atoms with van der Waals surface area (Å²) in [5.41, 5.74) is 1.58. The van der Waals surface area contributed by atoms with Crippen molar-refractivity contribution in [2.45, 2.75) is 24.7 Å². The molecule has 2 N–H and O–H groups in total. The number of amides is 2. The summed E-state index contributed by atoms with van der Waals surface area (Å²) in [6, 6.07) is 4.72. The number of rotatable bonds is 5. The first kappa shape index (κ1) is 16.4. The van der Waals surface area contributed by atoms with Crippen LogP contribution in [0.2, 0.25) is 0 Å². The summed E-state index contributed by atoms with van der Waals surface area (Å²) < 4.78 is 26.8. The fraction of sp³-hybridized carbons (Fsp3) is 0.429. The molecule has 0 atom stereocenters. The van der Waals surface area contributed by atoms with Crippen molar-refractivity contribution in [1.82, 2.24) is 10.0 Å². The SMILES string of the molecule is CC(=O)NCCNS(=O)(=O)c1ccc2c(c1)CCC(=O)N2C. The molecule has 0 unspecified atom stereocenters. The third kappa shape index (κ3) is 3.63. The molecule has 1 aromatic carbocycles. The average Bonchev–Trinajstić information content (AvgIpc) is 2.47. The van der Waals surface area contributed by atoms with Gasteiger partial charge in [0.2, 0.25) is 21.8 Å². The summed E-state index contributed by atoms with van der Waals surface area (Å²) in [7, 11) is -1.95. The molecule has 7 nitrogen and oxygen atoms in total. The van der Waals surface area contributed by atoms with Gasteiger partial charge in [0.05, 0.1) is 4.90 Å². The predicted molar refractivity (Wildman–Crippen MR) is 82.0 cm³/mol. The topological polar surface area (TPSA) is 95.6 Å². The molecular formula is C14H19N3O4S. The van der Waals surface area contributed by atoms with Gasteiger partial charge in [-0.15, -0.1) is 0 Å². The van der Waals surface area contributed by atoms with Crippen molar-refractivity contribution in [3.05, 3.63) is 23.8 Å². The van der Waals surface area contributed by atoms with Crippen LogP contribution in [0.3, 0.4) is 0 Å². The van der Waals surface area contributed by atoms with Gasteiger partial charge in [0.15, 0.2) is 0 Å². The Bertz CT molecular complexity index is 700. The van der Waals surface area contributed by atoms with Gasteiger partial charge in [-0.05, 0) is 30.2 Å². The van der Waals surface area contributed by atoms with Crippen molar-refractivity contribution in [2.24, 2.45) is 0 Å². The van der Waals surface area contributed by atoms with E-state index >= 15 is 0 Å². The standard InChI is InChI=1S/C14H19N3O4S/c1-10(18)15-7-8-16-22(20,21)12-4-5-13-11(9-12)3-6-14(19)17(13)2/h4-5,9,16H,3,6-8H2,1-2H3,(H,15,18). The molecule has 0 saturated heterocycles. The monoisotopic (exact) mass is 325 g/mol. The normalized spacial score (nSPS) is 14.6. The summed E-state index contributed by atoms with van der Waals surface area (Å²) in [6.07, 6.45) is 0.913. The van der Waals surface area contributed by atoms with Gasteiger partial charge < -0.3 is 10.2 Å². The highest BCUT2D eigenvalue weighted by Gasteiger charge is 2.23. The number of benzene rings is 1. The van der Waals surface area contributed by atoms with Gasteiger partial charge in [0.1, 0.15) is 0 Å². The lowest BCUT2D eigenvalue weighted by Gasteiger charge is -2.26. The number of fused-ring (bicyclic) bond motifs is 1. The summed E-state index contributed by atoms with van der Waals surface area (Å²) in [5, 5.41) is 2.52. The number of sulfonamides is 1. The minimum atomic E-state index is -3.63. The quantitative estimate of drug-likeness (QED) is 0.746. The van der Waals surface area contributed by atoms with E-state index in [1.807, 2.05) is 0 Å². The van der Waals surface area contributed by atoms with E-state index in [0.29, 0.717) is 12.8 Å². The molecule has 1 aliphatic heterocycles. The molecule has 0 aliphatic carbocycles. The second-order valence-electron chi connectivity index (χ2n) is 5.12. The number of aryl methyl sites for hydroxylation is 1. The van der Waals surface area contributed by atoms with Crippen LogP contribution in [-0.2, 0) is 26.0 Å². The first-order chi connectivity index (χ1) is 10.3. The number of hydrogen-bond acceptors (Lipinski definition) is 4. The minimum absolute atomic E-state index is 0.0246. The lowest BCUT2D eigenvalue weighted by Crippen LogP contribution is -2.34. The summed E-state index contributed by atoms with van der Waals surface area (Å²) in [6.45, 7) is 1.73. The van der Waals surface area contributed by atoms with Gasteiger partial charge >= 0.3 is 0 Å². The third-order valence-electron chi connectivity index (χ3n) is 3.50. The van der Waals surface area contributed by atoms with Crippen molar-refractivity contribution in [3.8, 4) is 0 Å². The molecule has 1 aliphatic rings. The number of nitrogens with zero attached hydrogens (tertiary/aromatic N) is 1. The maximum absolute atomic E-state index is 12.2. The van der Waals surface area contributed by atoms with Gasteiger partial charge in [-0.2, -0.15) is 0 Å². The molecule has 22 heavy (non-hydrogen) atoms.